The van der Waals surface area contributed by atoms with Crippen molar-refractivity contribution in [3.63, 3.8) is 0 Å². The molecule has 28 heavy (non-hydrogen) atoms. The molecule has 1 aliphatic carbocycles. The van der Waals surface area contributed by atoms with Gasteiger partial charge in [0.2, 0.25) is 0 Å². The molecule has 146 valence electrons. The summed E-state index contributed by atoms with van der Waals surface area (Å²) in [5.41, 5.74) is 1.28. The molecule has 2 aromatic heterocycles. The highest BCUT2D eigenvalue weighted by molar-refractivity contribution is 5.68. The molecule has 1 amide bonds. The molecular weight excluding hydrogens is 358 g/mol. The van der Waals surface area contributed by atoms with Gasteiger partial charge in [-0.25, -0.2) is 14.8 Å². The number of carbonyl (C=O) groups is 1. The van der Waals surface area contributed by atoms with Crippen molar-refractivity contribution in [1.29, 1.82) is 5.26 Å². The second-order valence-electron chi connectivity index (χ2n) is 7.59. The zero-order valence-electron chi connectivity index (χ0n) is 15.8. The molecule has 4 rings (SSSR count). The van der Waals surface area contributed by atoms with Crippen molar-refractivity contribution in [2.24, 2.45) is 5.92 Å². The van der Waals surface area contributed by atoms with Crippen LogP contribution in [0.15, 0.2) is 18.5 Å². The van der Waals surface area contributed by atoms with Gasteiger partial charge in [-0.2, -0.15) is 10.4 Å². The lowest BCUT2D eigenvalue weighted by Crippen LogP contribution is -2.31. The van der Waals surface area contributed by atoms with Crippen LogP contribution < -0.4 is 5.32 Å². The molecule has 1 saturated heterocycles. The Hall–Kier alpha value is -3.15. The van der Waals surface area contributed by atoms with Crippen molar-refractivity contribution < 1.29 is 9.53 Å². The second-order valence-corrected chi connectivity index (χ2v) is 7.59. The highest BCUT2D eigenvalue weighted by Gasteiger charge is 2.32. The Morgan fingerprint density at radius 1 is 1.32 bits per heavy atom. The van der Waals surface area contributed by atoms with Crippen LogP contribution in [0.25, 0.3) is 0 Å². The summed E-state index contributed by atoms with van der Waals surface area (Å²) in [7, 11) is 0. The fourth-order valence-corrected chi connectivity index (χ4v) is 3.84. The number of nitrogens with one attached hydrogen (secondary N) is 2. The maximum atomic E-state index is 12.3. The van der Waals surface area contributed by atoms with E-state index in [1.165, 1.54) is 12.4 Å². The Morgan fingerprint density at radius 3 is 2.93 bits per heavy atom. The molecule has 2 fully saturated rings. The first-order valence-corrected chi connectivity index (χ1v) is 9.60. The van der Waals surface area contributed by atoms with Gasteiger partial charge in [-0.1, -0.05) is 6.92 Å². The van der Waals surface area contributed by atoms with Crippen LogP contribution in [-0.2, 0) is 4.74 Å². The van der Waals surface area contributed by atoms with Crippen LogP contribution in [0.5, 0.6) is 0 Å². The summed E-state index contributed by atoms with van der Waals surface area (Å²) in [6.07, 6.45) is 6.35. The van der Waals surface area contributed by atoms with E-state index < -0.39 is 0 Å². The number of hydrogen-bond donors (Lipinski definition) is 2. The standard InChI is InChI=1S/C19H23N7O2/c1-12-4-5-26(11-12)19(27)28-15-3-2-13(6-15)16-7-17(25-24-16)23-18-10-21-14(8-20)9-22-18/h7,9-10,12-13,15H,2-6,11H2,1H3,(H2,22,23,24,25). The first kappa shape index (κ1) is 18.2. The maximum absolute atomic E-state index is 12.3. The van der Waals surface area contributed by atoms with Crippen molar-refractivity contribution in [3.8, 4) is 6.07 Å². The summed E-state index contributed by atoms with van der Waals surface area (Å²) in [6.45, 7) is 3.75. The van der Waals surface area contributed by atoms with Crippen LogP contribution in [-0.4, -0.2) is 50.4 Å². The average molecular weight is 381 g/mol. The predicted molar refractivity (Wildman–Crippen MR) is 101 cm³/mol. The number of aromatic nitrogens is 4. The van der Waals surface area contributed by atoms with Crippen molar-refractivity contribution in [3.05, 3.63) is 29.8 Å². The number of amides is 1. The number of H-pyrrole nitrogens is 1. The third kappa shape index (κ3) is 4.06. The highest BCUT2D eigenvalue weighted by atomic mass is 16.6. The molecule has 9 heteroatoms. The molecule has 3 heterocycles. The lowest BCUT2D eigenvalue weighted by atomic mass is 10.0. The fourth-order valence-electron chi connectivity index (χ4n) is 3.84. The number of anilines is 2. The van der Waals surface area contributed by atoms with Gasteiger partial charge in [0.05, 0.1) is 12.4 Å². The molecule has 0 spiro atoms. The molecule has 1 aliphatic heterocycles. The predicted octanol–water partition coefficient (Wildman–Crippen LogP) is 2.93. The van der Waals surface area contributed by atoms with Crippen LogP contribution in [0.4, 0.5) is 16.4 Å². The Balaban J connectivity index is 1.30. The number of carbonyl (C=O) groups excluding carboxylic acids is 1. The Labute approximate surface area is 163 Å². The normalized spacial score (nSPS) is 24.1. The van der Waals surface area contributed by atoms with Crippen LogP contribution in [0, 0.1) is 17.2 Å². The van der Waals surface area contributed by atoms with Crippen molar-refractivity contribution in [2.45, 2.75) is 44.6 Å². The smallest absolute Gasteiger partial charge is 0.410 e. The van der Waals surface area contributed by atoms with E-state index in [0.29, 0.717) is 17.6 Å². The summed E-state index contributed by atoms with van der Waals surface area (Å²) in [5, 5.41) is 19.2. The molecule has 3 unspecified atom stereocenters. The fraction of sp³-hybridized carbons (Fsp3) is 0.526. The number of hydrogen-bond acceptors (Lipinski definition) is 7. The molecular formula is C19H23N7O2. The average Bonchev–Trinajstić information content (AvgIpc) is 3.43. The summed E-state index contributed by atoms with van der Waals surface area (Å²) >= 11 is 0. The Bertz CT molecular complexity index is 873. The van der Waals surface area contributed by atoms with E-state index >= 15 is 0 Å². The second kappa shape index (κ2) is 7.84. The first-order chi connectivity index (χ1) is 13.6. The summed E-state index contributed by atoms with van der Waals surface area (Å²) in [4.78, 5) is 22.2. The van der Waals surface area contributed by atoms with Crippen molar-refractivity contribution in [1.82, 2.24) is 25.1 Å². The minimum atomic E-state index is -0.179. The Kier molecular flexibility index (Phi) is 5.10. The Morgan fingerprint density at radius 2 is 2.21 bits per heavy atom. The van der Waals surface area contributed by atoms with Gasteiger partial charge in [0, 0.05) is 30.8 Å². The van der Waals surface area contributed by atoms with Crippen molar-refractivity contribution in [2.75, 3.05) is 18.4 Å². The van der Waals surface area contributed by atoms with Crippen LogP contribution >= 0.6 is 0 Å². The molecule has 2 aliphatic rings. The molecule has 0 bridgehead atoms. The van der Waals surface area contributed by atoms with E-state index in [0.717, 1.165) is 44.5 Å². The van der Waals surface area contributed by atoms with Gasteiger partial charge in [0.1, 0.15) is 18.0 Å². The van der Waals surface area contributed by atoms with Gasteiger partial charge in [-0.05, 0) is 31.6 Å². The molecule has 9 nitrogen and oxygen atoms in total. The van der Waals surface area contributed by atoms with Gasteiger partial charge in [0.25, 0.3) is 0 Å². The van der Waals surface area contributed by atoms with Crippen LogP contribution in [0.2, 0.25) is 0 Å². The number of aromatic amines is 1. The summed E-state index contributed by atoms with van der Waals surface area (Å²) in [5.74, 6) is 2.00. The largest absolute Gasteiger partial charge is 0.446 e. The van der Waals surface area contributed by atoms with Gasteiger partial charge in [0.15, 0.2) is 11.5 Å². The zero-order valence-corrected chi connectivity index (χ0v) is 15.8. The number of nitrogens with zero attached hydrogens (tertiary/aromatic N) is 5. The lowest BCUT2D eigenvalue weighted by molar-refractivity contribution is 0.0701. The molecule has 0 aromatic carbocycles. The van der Waals surface area contributed by atoms with Gasteiger partial charge in [-0.3, -0.25) is 5.10 Å². The minimum Gasteiger partial charge on any atom is -0.446 e. The number of likely N-dealkylation sites (tertiary alicyclic amines) is 1. The zero-order chi connectivity index (χ0) is 19.5. The molecule has 3 atom stereocenters. The third-order valence-electron chi connectivity index (χ3n) is 5.39. The topological polar surface area (TPSA) is 120 Å². The molecule has 1 saturated carbocycles. The monoisotopic (exact) mass is 381 g/mol. The molecule has 0 radical (unpaired) electrons. The van der Waals surface area contributed by atoms with Crippen molar-refractivity contribution >= 4 is 17.7 Å². The van der Waals surface area contributed by atoms with E-state index in [9.17, 15) is 4.79 Å². The van der Waals surface area contributed by atoms with Crippen LogP contribution in [0.3, 0.4) is 0 Å². The number of ether oxygens (including phenoxy) is 1. The van der Waals surface area contributed by atoms with E-state index in [1.807, 2.05) is 17.0 Å². The summed E-state index contributed by atoms with van der Waals surface area (Å²) < 4.78 is 5.71. The van der Waals surface area contributed by atoms with E-state index in [4.69, 9.17) is 10.00 Å². The molecule has 2 aromatic rings. The van der Waals surface area contributed by atoms with Gasteiger partial charge >= 0.3 is 6.09 Å². The highest BCUT2D eigenvalue weighted by Crippen LogP contribution is 2.36. The molecule has 2 N–H and O–H groups in total. The third-order valence-corrected chi connectivity index (χ3v) is 5.39. The lowest BCUT2D eigenvalue weighted by Gasteiger charge is -2.19. The summed E-state index contributed by atoms with van der Waals surface area (Å²) in [6, 6.07) is 3.88. The minimum absolute atomic E-state index is 0.0440. The first-order valence-electron chi connectivity index (χ1n) is 9.60. The van der Waals surface area contributed by atoms with Gasteiger partial charge in [-0.15, -0.1) is 0 Å². The van der Waals surface area contributed by atoms with E-state index in [1.54, 1.807) is 0 Å². The SMILES string of the molecule is CC1CCN(C(=O)OC2CCC(c3cc(Nc4cnc(C#N)cn4)n[nH]3)C2)C1. The van der Waals surface area contributed by atoms with Gasteiger partial charge < -0.3 is 15.0 Å². The van der Waals surface area contributed by atoms with E-state index in [2.05, 4.69) is 32.4 Å². The van der Waals surface area contributed by atoms with E-state index in [-0.39, 0.29) is 23.8 Å². The maximum Gasteiger partial charge on any atom is 0.410 e. The van der Waals surface area contributed by atoms with Crippen LogP contribution in [0.1, 0.15) is 49.9 Å². The number of rotatable bonds is 4. The number of nitriles is 1. The quantitative estimate of drug-likeness (QED) is 0.835.